The lowest BCUT2D eigenvalue weighted by Crippen LogP contribution is -2.36. The van der Waals surface area contributed by atoms with Crippen LogP contribution in [0.1, 0.15) is 39.0 Å². The van der Waals surface area contributed by atoms with Crippen molar-refractivity contribution in [3.8, 4) is 0 Å². The van der Waals surface area contributed by atoms with Gasteiger partial charge in [0.05, 0.1) is 19.3 Å². The van der Waals surface area contributed by atoms with Gasteiger partial charge in [-0.3, -0.25) is 4.90 Å². The average Bonchev–Trinajstić information content (AvgIpc) is 2.34. The van der Waals surface area contributed by atoms with Gasteiger partial charge in [0.2, 0.25) is 0 Å². The highest BCUT2D eigenvalue weighted by Gasteiger charge is 2.10. The largest absolute Gasteiger partial charge is 0.381 e. The zero-order chi connectivity index (χ0) is 11.6. The standard InChI is InChI=1S/C13H27NO2/c1-3-6-13(15-2)7-4-5-8-14-9-11-16-12-10-14/h13H,3-12H2,1-2H3. The first-order valence-corrected chi connectivity index (χ1v) is 6.69. The fraction of sp³-hybridized carbons (Fsp3) is 1.00. The minimum absolute atomic E-state index is 0.481. The maximum atomic E-state index is 5.45. The lowest BCUT2D eigenvalue weighted by Gasteiger charge is -2.26. The maximum Gasteiger partial charge on any atom is 0.0594 e. The molecule has 0 aliphatic carbocycles. The van der Waals surface area contributed by atoms with Gasteiger partial charge in [-0.25, -0.2) is 0 Å². The predicted molar refractivity (Wildman–Crippen MR) is 66.8 cm³/mol. The molecule has 3 heteroatoms. The van der Waals surface area contributed by atoms with Crippen molar-refractivity contribution in [1.82, 2.24) is 4.90 Å². The molecule has 1 fully saturated rings. The third kappa shape index (κ3) is 5.83. The molecule has 0 aromatic carbocycles. The Hall–Kier alpha value is -0.120. The molecule has 1 aliphatic heterocycles. The topological polar surface area (TPSA) is 21.7 Å². The molecule has 0 aromatic rings. The molecule has 0 radical (unpaired) electrons. The monoisotopic (exact) mass is 229 g/mol. The van der Waals surface area contributed by atoms with Crippen molar-refractivity contribution in [2.75, 3.05) is 40.0 Å². The molecule has 1 rings (SSSR count). The van der Waals surface area contributed by atoms with Crippen LogP contribution in [-0.2, 0) is 9.47 Å². The van der Waals surface area contributed by atoms with E-state index < -0.39 is 0 Å². The lowest BCUT2D eigenvalue weighted by molar-refractivity contribution is 0.0358. The number of hydrogen-bond donors (Lipinski definition) is 0. The van der Waals surface area contributed by atoms with Crippen LogP contribution in [0.3, 0.4) is 0 Å². The number of unbranched alkanes of at least 4 members (excludes halogenated alkanes) is 1. The smallest absolute Gasteiger partial charge is 0.0594 e. The van der Waals surface area contributed by atoms with Crippen LogP contribution in [0.4, 0.5) is 0 Å². The van der Waals surface area contributed by atoms with Crippen molar-refractivity contribution in [3.05, 3.63) is 0 Å². The van der Waals surface area contributed by atoms with Gasteiger partial charge in [-0.15, -0.1) is 0 Å². The van der Waals surface area contributed by atoms with Crippen LogP contribution in [0, 0.1) is 0 Å². The summed E-state index contributed by atoms with van der Waals surface area (Å²) in [7, 11) is 1.84. The summed E-state index contributed by atoms with van der Waals surface area (Å²) < 4.78 is 10.8. The molecule has 1 saturated heterocycles. The Labute approximate surface area is 100 Å². The fourth-order valence-corrected chi connectivity index (χ4v) is 2.23. The number of morpholine rings is 1. The van der Waals surface area contributed by atoms with E-state index in [9.17, 15) is 0 Å². The van der Waals surface area contributed by atoms with E-state index in [-0.39, 0.29) is 0 Å². The molecule has 1 aliphatic rings. The molecule has 0 N–H and O–H groups in total. The average molecular weight is 229 g/mol. The Morgan fingerprint density at radius 1 is 1.19 bits per heavy atom. The van der Waals surface area contributed by atoms with Gasteiger partial charge in [0.25, 0.3) is 0 Å². The molecule has 0 amide bonds. The second kappa shape index (κ2) is 8.97. The number of methoxy groups -OCH3 is 1. The highest BCUT2D eigenvalue weighted by molar-refractivity contribution is 4.63. The predicted octanol–water partition coefficient (Wildman–Crippen LogP) is 2.30. The third-order valence-corrected chi connectivity index (χ3v) is 3.30. The Morgan fingerprint density at radius 2 is 1.94 bits per heavy atom. The maximum absolute atomic E-state index is 5.45. The molecule has 1 heterocycles. The number of nitrogens with zero attached hydrogens (tertiary/aromatic N) is 1. The van der Waals surface area contributed by atoms with E-state index in [2.05, 4.69) is 11.8 Å². The molecule has 1 atom stereocenters. The second-order valence-electron chi connectivity index (χ2n) is 4.60. The quantitative estimate of drug-likeness (QED) is 0.596. The Kier molecular flexibility index (Phi) is 7.81. The second-order valence-corrected chi connectivity index (χ2v) is 4.60. The summed E-state index contributed by atoms with van der Waals surface area (Å²) in [5.74, 6) is 0. The molecule has 3 nitrogen and oxygen atoms in total. The van der Waals surface area contributed by atoms with Crippen molar-refractivity contribution >= 4 is 0 Å². The number of rotatable bonds is 8. The molecule has 96 valence electrons. The van der Waals surface area contributed by atoms with Gasteiger partial charge in [0.15, 0.2) is 0 Å². The van der Waals surface area contributed by atoms with Crippen LogP contribution >= 0.6 is 0 Å². The summed E-state index contributed by atoms with van der Waals surface area (Å²) in [6.45, 7) is 7.50. The molecule has 0 spiro atoms. The van der Waals surface area contributed by atoms with Crippen molar-refractivity contribution in [3.63, 3.8) is 0 Å². The Bertz CT molecular complexity index is 151. The molecule has 0 aromatic heterocycles. The summed E-state index contributed by atoms with van der Waals surface area (Å²) in [4.78, 5) is 2.51. The molecule has 0 bridgehead atoms. The molecule has 16 heavy (non-hydrogen) atoms. The molecular formula is C13H27NO2. The first kappa shape index (κ1) is 13.9. The zero-order valence-corrected chi connectivity index (χ0v) is 10.9. The summed E-state index contributed by atoms with van der Waals surface area (Å²) >= 11 is 0. The van der Waals surface area contributed by atoms with E-state index in [1.807, 2.05) is 7.11 Å². The highest BCUT2D eigenvalue weighted by Crippen LogP contribution is 2.10. The lowest BCUT2D eigenvalue weighted by atomic mass is 10.1. The highest BCUT2D eigenvalue weighted by atomic mass is 16.5. The minimum Gasteiger partial charge on any atom is -0.381 e. The summed E-state index contributed by atoms with van der Waals surface area (Å²) in [6.07, 6.45) is 6.71. The van der Waals surface area contributed by atoms with Crippen LogP contribution in [0.25, 0.3) is 0 Å². The minimum atomic E-state index is 0.481. The summed E-state index contributed by atoms with van der Waals surface area (Å²) in [6, 6.07) is 0. The number of ether oxygens (including phenoxy) is 2. The van der Waals surface area contributed by atoms with E-state index in [0.717, 1.165) is 26.3 Å². The van der Waals surface area contributed by atoms with Gasteiger partial charge in [-0.1, -0.05) is 13.3 Å². The zero-order valence-electron chi connectivity index (χ0n) is 10.9. The van der Waals surface area contributed by atoms with E-state index >= 15 is 0 Å². The van der Waals surface area contributed by atoms with Crippen LogP contribution in [0.2, 0.25) is 0 Å². The first-order chi connectivity index (χ1) is 7.86. The van der Waals surface area contributed by atoms with Crippen LogP contribution in [-0.4, -0.2) is 51.0 Å². The van der Waals surface area contributed by atoms with Crippen LogP contribution in [0.5, 0.6) is 0 Å². The fourth-order valence-electron chi connectivity index (χ4n) is 2.23. The summed E-state index contributed by atoms with van der Waals surface area (Å²) in [5, 5.41) is 0. The summed E-state index contributed by atoms with van der Waals surface area (Å²) in [5.41, 5.74) is 0. The van der Waals surface area contributed by atoms with Crippen molar-refractivity contribution in [1.29, 1.82) is 0 Å². The van der Waals surface area contributed by atoms with Crippen molar-refractivity contribution in [2.24, 2.45) is 0 Å². The van der Waals surface area contributed by atoms with E-state index in [1.165, 1.54) is 38.6 Å². The van der Waals surface area contributed by atoms with Crippen LogP contribution < -0.4 is 0 Å². The molecule has 1 unspecified atom stereocenters. The van der Waals surface area contributed by atoms with Crippen molar-refractivity contribution < 1.29 is 9.47 Å². The van der Waals surface area contributed by atoms with Gasteiger partial charge >= 0.3 is 0 Å². The van der Waals surface area contributed by atoms with E-state index in [1.54, 1.807) is 0 Å². The van der Waals surface area contributed by atoms with Gasteiger partial charge in [0, 0.05) is 20.2 Å². The van der Waals surface area contributed by atoms with Gasteiger partial charge < -0.3 is 9.47 Å². The van der Waals surface area contributed by atoms with E-state index in [0.29, 0.717) is 6.10 Å². The van der Waals surface area contributed by atoms with Gasteiger partial charge in [-0.05, 0) is 32.2 Å². The first-order valence-electron chi connectivity index (χ1n) is 6.69. The Balaban J connectivity index is 1.97. The molecule has 0 saturated carbocycles. The normalized spacial score (nSPS) is 19.9. The molecular weight excluding hydrogens is 202 g/mol. The van der Waals surface area contributed by atoms with Gasteiger partial charge in [0.1, 0.15) is 0 Å². The van der Waals surface area contributed by atoms with Crippen LogP contribution in [0.15, 0.2) is 0 Å². The van der Waals surface area contributed by atoms with E-state index in [4.69, 9.17) is 9.47 Å². The number of hydrogen-bond acceptors (Lipinski definition) is 3. The Morgan fingerprint density at radius 3 is 2.56 bits per heavy atom. The van der Waals surface area contributed by atoms with Gasteiger partial charge in [-0.2, -0.15) is 0 Å². The van der Waals surface area contributed by atoms with Crippen molar-refractivity contribution in [2.45, 2.75) is 45.1 Å². The SMILES string of the molecule is CCCC(CCCCN1CCOCC1)OC. The third-order valence-electron chi connectivity index (χ3n) is 3.30.